The van der Waals surface area contributed by atoms with Crippen LogP contribution in [0, 0.1) is 11.8 Å². The highest BCUT2D eigenvalue weighted by atomic mass is 16.3. The Hall–Kier alpha value is -0.300. The molecule has 2 unspecified atom stereocenters. The first-order chi connectivity index (χ1) is 7.20. The van der Waals surface area contributed by atoms with Crippen molar-refractivity contribution in [1.29, 1.82) is 0 Å². The molecular weight excluding hydrogens is 184 g/mol. The monoisotopic (exact) mass is 212 g/mol. The average Bonchev–Trinajstić information content (AvgIpc) is 2.22. The summed E-state index contributed by atoms with van der Waals surface area (Å²) in [5.41, 5.74) is 0. The number of allylic oxidation sites excluding steroid dienone is 2. The summed E-state index contributed by atoms with van der Waals surface area (Å²) in [6.07, 6.45) is 11.8. The summed E-state index contributed by atoms with van der Waals surface area (Å²) in [4.78, 5) is 0. The number of hydrogen-bond donors (Lipinski definition) is 1. The van der Waals surface area contributed by atoms with Gasteiger partial charge in [0.1, 0.15) is 0 Å². The van der Waals surface area contributed by atoms with Crippen LogP contribution in [0.4, 0.5) is 0 Å². The molecule has 0 spiro atoms. The van der Waals surface area contributed by atoms with Gasteiger partial charge in [0, 0.05) is 6.61 Å². The minimum Gasteiger partial charge on any atom is -0.396 e. The molecule has 0 aliphatic carbocycles. The summed E-state index contributed by atoms with van der Waals surface area (Å²) in [5.74, 6) is 1.47. The Morgan fingerprint density at radius 2 is 1.67 bits per heavy atom. The van der Waals surface area contributed by atoms with Gasteiger partial charge in [0.05, 0.1) is 0 Å². The van der Waals surface area contributed by atoms with Gasteiger partial charge in [-0.1, -0.05) is 52.2 Å². The fraction of sp³-hybridized carbons (Fsp3) is 0.857. The Balaban J connectivity index is 3.43. The third-order valence-corrected chi connectivity index (χ3v) is 2.93. The molecule has 0 rings (SSSR count). The van der Waals surface area contributed by atoms with Crippen LogP contribution in [0.2, 0.25) is 0 Å². The van der Waals surface area contributed by atoms with Gasteiger partial charge in [-0.3, -0.25) is 0 Å². The van der Waals surface area contributed by atoms with Gasteiger partial charge in [-0.2, -0.15) is 0 Å². The molecule has 0 aliphatic rings. The van der Waals surface area contributed by atoms with Gasteiger partial charge in [-0.15, -0.1) is 0 Å². The molecule has 0 aromatic rings. The van der Waals surface area contributed by atoms with E-state index in [4.69, 9.17) is 5.11 Å². The fourth-order valence-corrected chi connectivity index (χ4v) is 1.66. The minimum absolute atomic E-state index is 0.339. The van der Waals surface area contributed by atoms with Crippen molar-refractivity contribution in [3.05, 3.63) is 12.2 Å². The van der Waals surface area contributed by atoms with Crippen LogP contribution < -0.4 is 0 Å². The van der Waals surface area contributed by atoms with E-state index in [1.165, 1.54) is 32.1 Å². The number of rotatable bonds is 9. The summed E-state index contributed by atoms with van der Waals surface area (Å²) >= 11 is 0. The zero-order chi connectivity index (χ0) is 11.5. The van der Waals surface area contributed by atoms with E-state index in [9.17, 15) is 0 Å². The van der Waals surface area contributed by atoms with Crippen molar-refractivity contribution in [1.82, 2.24) is 0 Å². The Morgan fingerprint density at radius 1 is 1.00 bits per heavy atom. The van der Waals surface area contributed by atoms with Crippen molar-refractivity contribution in [2.75, 3.05) is 6.61 Å². The van der Waals surface area contributed by atoms with E-state index in [2.05, 4.69) is 32.9 Å². The molecule has 0 aromatic carbocycles. The second-order valence-electron chi connectivity index (χ2n) is 4.80. The average molecular weight is 212 g/mol. The number of aliphatic hydroxyl groups excluding tert-OH is 1. The molecule has 1 heteroatoms. The minimum atomic E-state index is 0.339. The highest BCUT2D eigenvalue weighted by molar-refractivity contribution is 4.82. The molecule has 0 saturated carbocycles. The van der Waals surface area contributed by atoms with E-state index in [1.807, 2.05) is 0 Å². The van der Waals surface area contributed by atoms with Crippen LogP contribution in [0.3, 0.4) is 0 Å². The van der Waals surface area contributed by atoms with Gasteiger partial charge in [-0.25, -0.2) is 0 Å². The maximum Gasteiger partial charge on any atom is 0.0433 e. The van der Waals surface area contributed by atoms with Crippen LogP contribution in [0.5, 0.6) is 0 Å². The molecule has 90 valence electrons. The number of aliphatic hydroxyl groups is 1. The quantitative estimate of drug-likeness (QED) is 0.569. The predicted octanol–water partition coefficient (Wildman–Crippen LogP) is 4.17. The second-order valence-corrected chi connectivity index (χ2v) is 4.80. The van der Waals surface area contributed by atoms with Crippen molar-refractivity contribution in [2.45, 2.75) is 59.3 Å². The fourth-order valence-electron chi connectivity index (χ4n) is 1.66. The smallest absolute Gasteiger partial charge is 0.0433 e. The Labute approximate surface area is 95.6 Å². The van der Waals surface area contributed by atoms with Gasteiger partial charge >= 0.3 is 0 Å². The maximum absolute atomic E-state index is 8.79. The maximum atomic E-state index is 8.79. The van der Waals surface area contributed by atoms with Gasteiger partial charge in [0.15, 0.2) is 0 Å². The van der Waals surface area contributed by atoms with E-state index in [-0.39, 0.29) is 0 Å². The standard InChI is InChI=1S/C14H28O/c1-4-5-6-7-8-13(2)9-10-14(3)11-12-15/h6-7,13-15H,4-5,8-12H2,1-3H3/b7-6+. The molecule has 0 amide bonds. The topological polar surface area (TPSA) is 20.2 Å². The normalized spacial score (nSPS) is 15.7. The zero-order valence-corrected chi connectivity index (χ0v) is 10.7. The van der Waals surface area contributed by atoms with Gasteiger partial charge < -0.3 is 5.11 Å². The molecule has 0 radical (unpaired) electrons. The van der Waals surface area contributed by atoms with Crippen LogP contribution in [0.1, 0.15) is 59.3 Å². The molecule has 1 N–H and O–H groups in total. The molecule has 0 heterocycles. The predicted molar refractivity (Wildman–Crippen MR) is 67.9 cm³/mol. The highest BCUT2D eigenvalue weighted by Crippen LogP contribution is 2.17. The van der Waals surface area contributed by atoms with Crippen LogP contribution in [-0.4, -0.2) is 11.7 Å². The Kier molecular flexibility index (Phi) is 10.0. The lowest BCUT2D eigenvalue weighted by Crippen LogP contribution is -2.01. The molecule has 1 nitrogen and oxygen atoms in total. The molecular formula is C14H28O. The van der Waals surface area contributed by atoms with Crippen LogP contribution in [-0.2, 0) is 0 Å². The lowest BCUT2D eigenvalue weighted by molar-refractivity contribution is 0.253. The first-order valence-electron chi connectivity index (χ1n) is 6.46. The van der Waals surface area contributed by atoms with Crippen LogP contribution in [0.25, 0.3) is 0 Å². The van der Waals surface area contributed by atoms with E-state index in [0.29, 0.717) is 12.5 Å². The number of hydrogen-bond acceptors (Lipinski definition) is 1. The molecule has 0 saturated heterocycles. The van der Waals surface area contributed by atoms with E-state index in [0.717, 1.165) is 12.3 Å². The molecule has 2 atom stereocenters. The highest BCUT2D eigenvalue weighted by Gasteiger charge is 2.04. The summed E-state index contributed by atoms with van der Waals surface area (Å²) in [7, 11) is 0. The third-order valence-electron chi connectivity index (χ3n) is 2.93. The lowest BCUT2D eigenvalue weighted by Gasteiger charge is -2.13. The van der Waals surface area contributed by atoms with E-state index in [1.54, 1.807) is 0 Å². The number of unbranched alkanes of at least 4 members (excludes halogenated alkanes) is 1. The van der Waals surface area contributed by atoms with E-state index >= 15 is 0 Å². The van der Waals surface area contributed by atoms with Gasteiger partial charge in [0.25, 0.3) is 0 Å². The third kappa shape index (κ3) is 9.99. The molecule has 0 fully saturated rings. The van der Waals surface area contributed by atoms with Crippen LogP contribution >= 0.6 is 0 Å². The van der Waals surface area contributed by atoms with Crippen molar-refractivity contribution < 1.29 is 5.11 Å². The summed E-state index contributed by atoms with van der Waals surface area (Å²) < 4.78 is 0. The van der Waals surface area contributed by atoms with Gasteiger partial charge in [-0.05, 0) is 31.1 Å². The summed E-state index contributed by atoms with van der Waals surface area (Å²) in [5, 5.41) is 8.79. The summed E-state index contributed by atoms with van der Waals surface area (Å²) in [6.45, 7) is 7.11. The van der Waals surface area contributed by atoms with Crippen LogP contribution in [0.15, 0.2) is 12.2 Å². The Bertz CT molecular complexity index is 151. The van der Waals surface area contributed by atoms with Crippen molar-refractivity contribution in [2.24, 2.45) is 11.8 Å². The molecule has 15 heavy (non-hydrogen) atoms. The van der Waals surface area contributed by atoms with Gasteiger partial charge in [0.2, 0.25) is 0 Å². The first kappa shape index (κ1) is 14.7. The lowest BCUT2D eigenvalue weighted by atomic mass is 9.94. The SMILES string of the molecule is CCC/C=C/CC(C)CCC(C)CCO. The van der Waals surface area contributed by atoms with Crippen molar-refractivity contribution >= 4 is 0 Å². The zero-order valence-electron chi connectivity index (χ0n) is 10.7. The van der Waals surface area contributed by atoms with E-state index < -0.39 is 0 Å². The van der Waals surface area contributed by atoms with Crippen molar-refractivity contribution in [3.63, 3.8) is 0 Å². The van der Waals surface area contributed by atoms with Crippen molar-refractivity contribution in [3.8, 4) is 0 Å². The molecule has 0 aliphatic heterocycles. The largest absolute Gasteiger partial charge is 0.396 e. The second kappa shape index (κ2) is 10.2. The molecule has 0 aromatic heterocycles. The Morgan fingerprint density at radius 3 is 2.27 bits per heavy atom. The molecule has 0 bridgehead atoms. The first-order valence-corrected chi connectivity index (χ1v) is 6.46. The summed E-state index contributed by atoms with van der Waals surface area (Å²) in [6, 6.07) is 0.